The molecule has 5 heteroatoms. The molecule has 3 nitrogen and oxygen atoms in total. The van der Waals surface area contributed by atoms with Crippen LogP contribution in [0.25, 0.3) is 0 Å². The molecule has 0 heterocycles. The normalized spacial score (nSPS) is 9.83. The zero-order chi connectivity index (χ0) is 9.30. The Labute approximate surface area is 85.5 Å². The van der Waals surface area contributed by atoms with Gasteiger partial charge in [-0.15, -0.1) is 0 Å². The third-order valence-corrected chi connectivity index (χ3v) is 2.44. The molecule has 1 aromatic carbocycles. The van der Waals surface area contributed by atoms with Crippen molar-refractivity contribution in [2.45, 2.75) is 0 Å². The van der Waals surface area contributed by atoms with E-state index in [-0.39, 0.29) is 14.7 Å². The molecule has 0 aliphatic heterocycles. The summed E-state index contributed by atoms with van der Waals surface area (Å²) in [5.41, 5.74) is 5.37. The van der Waals surface area contributed by atoms with Crippen LogP contribution in [-0.4, -0.2) is 5.11 Å². The van der Waals surface area contributed by atoms with Gasteiger partial charge in [-0.3, -0.25) is 4.79 Å². The molecule has 3 N–H and O–H groups in total. The van der Waals surface area contributed by atoms with E-state index in [0.717, 1.165) is 0 Å². The molecule has 0 aromatic heterocycles. The van der Waals surface area contributed by atoms with E-state index in [2.05, 4.69) is 31.9 Å². The molecule has 0 fully saturated rings. The van der Waals surface area contributed by atoms with Crippen molar-refractivity contribution >= 4 is 37.5 Å². The topological polar surface area (TPSA) is 63.3 Å². The summed E-state index contributed by atoms with van der Waals surface area (Å²) >= 11 is 6.00. The highest BCUT2D eigenvalue weighted by Gasteiger charge is 2.04. The molecule has 0 aliphatic carbocycles. The van der Waals surface area contributed by atoms with Gasteiger partial charge in [-0.1, -0.05) is 0 Å². The van der Waals surface area contributed by atoms with Crippen molar-refractivity contribution in [1.29, 1.82) is 0 Å². The molecule has 0 amide bonds. The van der Waals surface area contributed by atoms with E-state index < -0.39 is 5.43 Å². The number of halogens is 2. The third-order valence-electron chi connectivity index (χ3n) is 1.24. The van der Waals surface area contributed by atoms with Crippen LogP contribution in [0.1, 0.15) is 0 Å². The first-order chi connectivity index (χ1) is 5.52. The van der Waals surface area contributed by atoms with Crippen LogP contribution in [-0.2, 0) is 0 Å². The van der Waals surface area contributed by atoms with E-state index >= 15 is 0 Å². The smallest absolute Gasteiger partial charge is 0.235 e. The van der Waals surface area contributed by atoms with Gasteiger partial charge in [0.15, 0.2) is 5.75 Å². The van der Waals surface area contributed by atoms with Crippen molar-refractivity contribution in [2.75, 3.05) is 5.73 Å². The average molecular weight is 295 g/mol. The van der Waals surface area contributed by atoms with Gasteiger partial charge >= 0.3 is 0 Å². The summed E-state index contributed by atoms with van der Waals surface area (Å²) in [6.07, 6.45) is 0. The maximum atomic E-state index is 11.2. The predicted molar refractivity (Wildman–Crippen MR) is 54.2 cm³/mol. The van der Waals surface area contributed by atoms with Gasteiger partial charge in [0.05, 0.1) is 8.95 Å². The lowest BCUT2D eigenvalue weighted by molar-refractivity contribution is 0.467. The molecule has 1 aromatic rings. The number of aromatic hydroxyl groups is 1. The lowest BCUT2D eigenvalue weighted by Crippen LogP contribution is -1.96. The highest BCUT2D eigenvalue weighted by Crippen LogP contribution is 2.22. The van der Waals surface area contributed by atoms with Crippen LogP contribution < -0.4 is 11.2 Å². The van der Waals surface area contributed by atoms with Gasteiger partial charge in [-0.2, -0.15) is 0 Å². The fourth-order valence-electron chi connectivity index (χ4n) is 0.690. The summed E-state index contributed by atoms with van der Waals surface area (Å²) in [5.74, 6) is -0.349. The lowest BCUT2D eigenvalue weighted by Gasteiger charge is -1.86. The summed E-state index contributed by atoms with van der Waals surface area (Å²) < 4.78 is 0.527. The molecule has 12 heavy (non-hydrogen) atoms. The molecule has 0 aliphatic rings. The second-order valence-electron chi connectivity index (χ2n) is 2.16. The molecular weight excluding hydrogens is 290 g/mol. The van der Waals surface area contributed by atoms with Crippen LogP contribution in [0, 0.1) is 0 Å². The molecule has 0 bridgehead atoms. The summed E-state index contributed by atoms with van der Waals surface area (Å²) in [6.45, 7) is 0. The summed E-state index contributed by atoms with van der Waals surface area (Å²) in [4.78, 5) is 11.2. The van der Waals surface area contributed by atoms with Crippen LogP contribution in [0.5, 0.6) is 5.75 Å². The summed E-state index contributed by atoms with van der Waals surface area (Å²) in [7, 11) is 0. The first kappa shape index (κ1) is 9.54. The molecule has 0 radical (unpaired) electrons. The fourth-order valence-corrected chi connectivity index (χ4v) is 1.59. The standard InChI is InChI=1S/C7H5Br2NO2/c8-4-1-3(10)2-5(9)7(12)6(4)11/h1-2H,10H2,(H,11,12). The van der Waals surface area contributed by atoms with Crippen molar-refractivity contribution < 1.29 is 5.11 Å². The van der Waals surface area contributed by atoms with Gasteiger partial charge < -0.3 is 10.8 Å². The van der Waals surface area contributed by atoms with Gasteiger partial charge in [0.25, 0.3) is 0 Å². The van der Waals surface area contributed by atoms with Gasteiger partial charge in [-0.05, 0) is 44.0 Å². The maximum absolute atomic E-state index is 11.2. The van der Waals surface area contributed by atoms with Crippen LogP contribution >= 0.6 is 31.9 Å². The number of nitrogens with two attached hydrogens (primary N) is 1. The molecule has 0 unspecified atom stereocenters. The number of hydrogen-bond donors (Lipinski definition) is 2. The number of hydrogen-bond acceptors (Lipinski definition) is 3. The van der Waals surface area contributed by atoms with Gasteiger partial charge in [0, 0.05) is 5.69 Å². The van der Waals surface area contributed by atoms with Gasteiger partial charge in [0.1, 0.15) is 0 Å². The highest BCUT2D eigenvalue weighted by molar-refractivity contribution is 9.11. The van der Waals surface area contributed by atoms with Crippen LogP contribution in [0.3, 0.4) is 0 Å². The Kier molecular flexibility index (Phi) is 2.74. The highest BCUT2D eigenvalue weighted by atomic mass is 79.9. The molecule has 0 spiro atoms. The Morgan fingerprint density at radius 3 is 2.33 bits per heavy atom. The average Bonchev–Trinajstić information content (AvgIpc) is 2.05. The second kappa shape index (κ2) is 3.45. The molecular formula is C7H5Br2NO2. The molecule has 0 atom stereocenters. The van der Waals surface area contributed by atoms with Crippen LogP contribution in [0.15, 0.2) is 25.9 Å². The van der Waals surface area contributed by atoms with E-state index in [4.69, 9.17) is 5.73 Å². The third kappa shape index (κ3) is 1.78. The zero-order valence-corrected chi connectivity index (χ0v) is 9.02. The first-order valence-electron chi connectivity index (χ1n) is 3.00. The Morgan fingerprint density at radius 1 is 1.25 bits per heavy atom. The molecule has 0 saturated heterocycles. The lowest BCUT2D eigenvalue weighted by atomic mass is 10.4. The SMILES string of the molecule is Nc1cc(Br)c(O)c(=O)c(Br)c1. The monoisotopic (exact) mass is 293 g/mol. The maximum Gasteiger partial charge on any atom is 0.235 e. The fraction of sp³-hybridized carbons (Fsp3) is 0. The zero-order valence-electron chi connectivity index (χ0n) is 5.84. The number of anilines is 1. The summed E-state index contributed by atoms with van der Waals surface area (Å²) in [6, 6.07) is 2.90. The van der Waals surface area contributed by atoms with E-state index in [1.54, 1.807) is 0 Å². The number of rotatable bonds is 0. The van der Waals surface area contributed by atoms with Gasteiger partial charge in [-0.25, -0.2) is 0 Å². The van der Waals surface area contributed by atoms with Gasteiger partial charge in [0.2, 0.25) is 5.43 Å². The quantitative estimate of drug-likeness (QED) is 0.768. The van der Waals surface area contributed by atoms with E-state index in [9.17, 15) is 9.90 Å². The Balaban J connectivity index is 3.69. The minimum atomic E-state index is -0.487. The largest absolute Gasteiger partial charge is 0.503 e. The van der Waals surface area contributed by atoms with Crippen LogP contribution in [0.2, 0.25) is 0 Å². The Bertz CT molecular complexity index is 379. The first-order valence-corrected chi connectivity index (χ1v) is 4.59. The van der Waals surface area contributed by atoms with Crippen molar-refractivity contribution in [2.24, 2.45) is 0 Å². The summed E-state index contributed by atoms with van der Waals surface area (Å²) in [5, 5.41) is 9.23. The Hall–Kier alpha value is -0.550. The second-order valence-corrected chi connectivity index (χ2v) is 3.87. The molecule has 64 valence electrons. The Morgan fingerprint density at radius 2 is 1.75 bits per heavy atom. The van der Waals surface area contributed by atoms with Crippen molar-refractivity contribution in [1.82, 2.24) is 0 Å². The van der Waals surface area contributed by atoms with E-state index in [0.29, 0.717) is 5.69 Å². The van der Waals surface area contributed by atoms with Crippen molar-refractivity contribution in [3.8, 4) is 5.75 Å². The molecule has 0 saturated carbocycles. The van der Waals surface area contributed by atoms with Crippen molar-refractivity contribution in [3.63, 3.8) is 0 Å². The van der Waals surface area contributed by atoms with E-state index in [1.165, 1.54) is 12.1 Å². The minimum Gasteiger partial charge on any atom is -0.503 e. The van der Waals surface area contributed by atoms with E-state index in [1.807, 2.05) is 0 Å². The molecule has 1 rings (SSSR count). The van der Waals surface area contributed by atoms with Crippen molar-refractivity contribution in [3.05, 3.63) is 31.3 Å². The minimum absolute atomic E-state index is 0.239. The van der Waals surface area contributed by atoms with Crippen LogP contribution in [0.4, 0.5) is 5.69 Å². The number of nitrogen functional groups attached to an aromatic ring is 1. The predicted octanol–water partition coefficient (Wildman–Crippen LogP) is 1.86.